The second-order valence-corrected chi connectivity index (χ2v) is 15.9. The molecule has 3 heterocycles. The number of nitrogens with zero attached hydrogens (tertiary/aromatic N) is 5. The van der Waals surface area contributed by atoms with Crippen molar-refractivity contribution in [1.82, 2.24) is 9.80 Å². The number of ether oxygens (including phenoxy) is 4. The molecule has 0 aromatic heterocycles. The Labute approximate surface area is 326 Å². The van der Waals surface area contributed by atoms with E-state index in [1.54, 1.807) is 18.9 Å². The number of phenols is 1. The SMILES string of the molecule is C#Cc1c(F)ccc2cc(O)cc(C3=C(F)C(=N/COCC45CCCC4N(C4CC(OC)C4)CCC5)/C(=C(\N=C)N4C[C@H](CO)OC[C@@](C)(O)C4)C(OC)=N3)c12. The van der Waals surface area contributed by atoms with Gasteiger partial charge in [0.15, 0.2) is 5.83 Å². The average molecular weight is 776 g/mol. The fourth-order valence-corrected chi connectivity index (χ4v) is 9.42. The Morgan fingerprint density at radius 1 is 1.20 bits per heavy atom. The highest BCUT2D eigenvalue weighted by Crippen LogP contribution is 2.50. The molecule has 2 saturated carbocycles. The van der Waals surface area contributed by atoms with Crippen molar-refractivity contribution in [2.24, 2.45) is 20.4 Å². The number of terminal acetylenes is 1. The normalized spacial score (nSPS) is 31.4. The van der Waals surface area contributed by atoms with Crippen LogP contribution in [0.25, 0.3) is 16.5 Å². The quantitative estimate of drug-likeness (QED) is 0.174. The van der Waals surface area contributed by atoms with Crippen molar-refractivity contribution >= 4 is 34.8 Å². The number of aliphatic hydroxyl groups excluding tert-OH is 1. The molecule has 0 amide bonds. The number of allylic oxidation sites excluding steroid dienone is 1. The van der Waals surface area contributed by atoms with E-state index in [1.807, 2.05) is 0 Å². The largest absolute Gasteiger partial charge is 0.508 e. The number of rotatable bonds is 10. The molecule has 56 heavy (non-hydrogen) atoms. The lowest BCUT2D eigenvalue weighted by Gasteiger charge is -2.53. The Morgan fingerprint density at radius 2 is 1.98 bits per heavy atom. The molecule has 4 fully saturated rings. The van der Waals surface area contributed by atoms with Gasteiger partial charge >= 0.3 is 0 Å². The van der Waals surface area contributed by atoms with Gasteiger partial charge in [0.1, 0.15) is 46.7 Å². The lowest BCUT2D eigenvalue weighted by atomic mass is 9.73. The first-order valence-corrected chi connectivity index (χ1v) is 19.2. The maximum atomic E-state index is 17.5. The Hall–Kier alpha value is -4.23. The van der Waals surface area contributed by atoms with E-state index in [-0.39, 0.29) is 89.4 Å². The van der Waals surface area contributed by atoms with Crippen molar-refractivity contribution in [2.45, 2.75) is 81.8 Å². The number of likely N-dealkylation sites (tertiary alicyclic amines) is 1. The number of aliphatic imine (C=N–C) groups is 3. The van der Waals surface area contributed by atoms with Gasteiger partial charge in [-0.25, -0.2) is 18.8 Å². The van der Waals surface area contributed by atoms with E-state index >= 15 is 8.78 Å². The molecule has 5 aliphatic rings. The third-order valence-corrected chi connectivity index (χ3v) is 12.1. The number of fused-ring (bicyclic) bond motifs is 2. The molecule has 2 aromatic carbocycles. The number of piperidine rings is 1. The number of β-amino-alcohol motifs (C(OH)–C–C–N with tert-alkyl or cyclic N) is 1. The minimum atomic E-state index is -1.38. The van der Waals surface area contributed by atoms with Crippen molar-refractivity contribution in [1.29, 1.82) is 0 Å². The first-order valence-electron chi connectivity index (χ1n) is 19.2. The molecule has 300 valence electrons. The van der Waals surface area contributed by atoms with Gasteiger partial charge in [-0.2, -0.15) is 0 Å². The van der Waals surface area contributed by atoms with Crippen molar-refractivity contribution in [3.05, 3.63) is 58.4 Å². The summed E-state index contributed by atoms with van der Waals surface area (Å²) in [6, 6.07) is 6.18. The van der Waals surface area contributed by atoms with E-state index in [2.05, 4.69) is 27.5 Å². The maximum absolute atomic E-state index is 17.5. The highest BCUT2D eigenvalue weighted by atomic mass is 19.1. The minimum Gasteiger partial charge on any atom is -0.508 e. The van der Waals surface area contributed by atoms with E-state index in [9.17, 15) is 15.3 Å². The third-order valence-electron chi connectivity index (χ3n) is 12.1. The first-order chi connectivity index (χ1) is 27.0. The van der Waals surface area contributed by atoms with Gasteiger partial charge in [0, 0.05) is 42.1 Å². The molecule has 4 atom stereocenters. The second-order valence-electron chi connectivity index (χ2n) is 15.9. The molecule has 14 heteroatoms. The third kappa shape index (κ3) is 7.48. The standard InChI is InChI=1S/C42H51F2N5O7/c1-6-30-32(43)11-10-25-15-27(51)18-31(34(25)30)37-36(44)38(35(40(47-37)54-5)39(45-3)48-19-29(20-50)56-22-41(2,52)21-48)46-24-55-23-42-12-7-9-33(42)49(14-8-13-42)26-16-28(17-26)53-4/h1,10-11,15,18,26,28-29,33,50-52H,3,7-9,12-14,16-17,19-24H2,2,4-5H3/b39-35-,46-38+/t26?,28?,29-,33?,41+,42?/m1/s1. The van der Waals surface area contributed by atoms with Crippen LogP contribution in [0.15, 0.2) is 56.5 Å². The zero-order chi connectivity index (χ0) is 39.8. The van der Waals surface area contributed by atoms with Gasteiger partial charge in [-0.1, -0.05) is 18.4 Å². The first kappa shape index (κ1) is 40.0. The zero-order valence-electron chi connectivity index (χ0n) is 32.3. The summed E-state index contributed by atoms with van der Waals surface area (Å²) >= 11 is 0. The summed E-state index contributed by atoms with van der Waals surface area (Å²) in [4.78, 5) is 17.9. The Bertz CT molecular complexity index is 2020. The highest BCUT2D eigenvalue weighted by Gasteiger charge is 2.51. The number of methoxy groups -OCH3 is 2. The highest BCUT2D eigenvalue weighted by molar-refractivity contribution is 6.33. The van der Waals surface area contributed by atoms with Crippen LogP contribution in [0.4, 0.5) is 8.78 Å². The molecule has 2 aromatic rings. The molecule has 0 radical (unpaired) electrons. The number of hydrogen-bond acceptors (Lipinski definition) is 12. The molecule has 2 aliphatic carbocycles. The van der Waals surface area contributed by atoms with Crippen molar-refractivity contribution < 1.29 is 43.0 Å². The fourth-order valence-electron chi connectivity index (χ4n) is 9.42. The number of hydrogen-bond donors (Lipinski definition) is 3. The molecule has 2 unspecified atom stereocenters. The zero-order valence-corrected chi connectivity index (χ0v) is 32.3. The minimum absolute atomic E-state index is 0.0190. The maximum Gasteiger partial charge on any atom is 0.227 e. The monoisotopic (exact) mass is 775 g/mol. The molecule has 0 spiro atoms. The van der Waals surface area contributed by atoms with Crippen LogP contribution in [0.5, 0.6) is 5.75 Å². The van der Waals surface area contributed by atoms with Gasteiger partial charge < -0.3 is 39.2 Å². The van der Waals surface area contributed by atoms with Gasteiger partial charge in [0.05, 0.1) is 51.2 Å². The summed E-state index contributed by atoms with van der Waals surface area (Å²) < 4.78 is 56.2. The molecular weight excluding hydrogens is 724 g/mol. The van der Waals surface area contributed by atoms with Crippen LogP contribution in [0.3, 0.4) is 0 Å². The Morgan fingerprint density at radius 3 is 2.70 bits per heavy atom. The predicted molar refractivity (Wildman–Crippen MR) is 210 cm³/mol. The van der Waals surface area contributed by atoms with Crippen LogP contribution in [-0.2, 0) is 18.9 Å². The molecule has 0 bridgehead atoms. The van der Waals surface area contributed by atoms with Gasteiger partial charge in [-0.3, -0.25) is 9.89 Å². The van der Waals surface area contributed by atoms with Crippen LogP contribution in [0.1, 0.15) is 63.0 Å². The van der Waals surface area contributed by atoms with Gasteiger partial charge in [0.2, 0.25) is 5.90 Å². The molecule has 7 rings (SSSR count). The van der Waals surface area contributed by atoms with Crippen LogP contribution >= 0.6 is 0 Å². The van der Waals surface area contributed by atoms with Gasteiger partial charge in [0.25, 0.3) is 0 Å². The Kier molecular flexibility index (Phi) is 11.7. The Balaban J connectivity index is 1.31. The average Bonchev–Trinajstić information content (AvgIpc) is 3.53. The number of benzene rings is 2. The summed E-state index contributed by atoms with van der Waals surface area (Å²) in [7, 11) is 3.12. The van der Waals surface area contributed by atoms with Gasteiger partial charge in [-0.05, 0) is 82.3 Å². The summed E-state index contributed by atoms with van der Waals surface area (Å²) in [6.45, 7) is 6.26. The summed E-state index contributed by atoms with van der Waals surface area (Å²) in [5, 5.41) is 32.6. The van der Waals surface area contributed by atoms with Gasteiger partial charge in [-0.15, -0.1) is 6.42 Å². The summed E-state index contributed by atoms with van der Waals surface area (Å²) in [5.74, 6) is 0.478. The predicted octanol–water partition coefficient (Wildman–Crippen LogP) is 4.95. The van der Waals surface area contributed by atoms with E-state index in [0.29, 0.717) is 30.2 Å². The lowest BCUT2D eigenvalue weighted by Crippen LogP contribution is -2.59. The lowest BCUT2D eigenvalue weighted by molar-refractivity contribution is -0.0941. The van der Waals surface area contributed by atoms with Crippen LogP contribution < -0.4 is 0 Å². The number of halogens is 2. The fraction of sp³-hybridized carbons (Fsp3) is 0.548. The van der Waals surface area contributed by atoms with Crippen LogP contribution in [0.2, 0.25) is 0 Å². The molecule has 3 aliphatic heterocycles. The topological polar surface area (TPSA) is 141 Å². The van der Waals surface area contributed by atoms with E-state index in [4.69, 9.17) is 30.4 Å². The van der Waals surface area contributed by atoms with Crippen LogP contribution in [-0.4, -0.2) is 134 Å². The number of phenolic OH excluding ortho intramolecular Hbond substituents is 1. The van der Waals surface area contributed by atoms with E-state index < -0.39 is 23.3 Å². The summed E-state index contributed by atoms with van der Waals surface area (Å²) in [6.07, 6.45) is 12.7. The van der Waals surface area contributed by atoms with Crippen molar-refractivity contribution in [2.75, 3.05) is 60.4 Å². The van der Waals surface area contributed by atoms with Crippen molar-refractivity contribution in [3.63, 3.8) is 0 Å². The second kappa shape index (κ2) is 16.3. The van der Waals surface area contributed by atoms with Crippen LogP contribution in [0, 0.1) is 23.6 Å². The molecular formula is C42H51F2N5O7. The molecule has 12 nitrogen and oxygen atoms in total. The van der Waals surface area contributed by atoms with E-state index in [0.717, 1.165) is 51.5 Å². The van der Waals surface area contributed by atoms with E-state index in [1.165, 1.54) is 31.4 Å². The number of aliphatic hydroxyl groups is 2. The molecule has 2 saturated heterocycles. The summed E-state index contributed by atoms with van der Waals surface area (Å²) in [5.41, 5.74) is -2.06. The van der Waals surface area contributed by atoms with Crippen molar-refractivity contribution in [3.8, 4) is 18.1 Å². The number of aromatic hydroxyl groups is 1. The smallest absolute Gasteiger partial charge is 0.227 e. The molecule has 3 N–H and O–H groups in total.